The Morgan fingerprint density at radius 1 is 1.33 bits per heavy atom. The van der Waals surface area contributed by atoms with Gasteiger partial charge in [0.25, 0.3) is 5.91 Å². The van der Waals surface area contributed by atoms with E-state index >= 15 is 0 Å². The minimum absolute atomic E-state index is 0.125. The number of amides is 1. The van der Waals surface area contributed by atoms with Crippen LogP contribution in [0.1, 0.15) is 41.6 Å². The molecule has 0 radical (unpaired) electrons. The molecule has 3 rings (SSSR count). The van der Waals surface area contributed by atoms with Crippen LogP contribution in [-0.4, -0.2) is 36.5 Å². The maximum absolute atomic E-state index is 12.7. The van der Waals surface area contributed by atoms with Crippen LogP contribution in [0, 0.1) is 12.8 Å². The van der Waals surface area contributed by atoms with E-state index in [2.05, 4.69) is 5.32 Å². The third-order valence-corrected chi connectivity index (χ3v) is 5.24. The summed E-state index contributed by atoms with van der Waals surface area (Å²) in [7, 11) is 0. The largest absolute Gasteiger partial charge is 0.338 e. The minimum atomic E-state index is 0.125. The van der Waals surface area contributed by atoms with Gasteiger partial charge in [0.05, 0.1) is 0 Å². The topological polar surface area (TPSA) is 32.3 Å². The van der Waals surface area contributed by atoms with E-state index in [0.717, 1.165) is 31.6 Å². The number of halogens is 1. The Kier molecular flexibility index (Phi) is 4.51. The van der Waals surface area contributed by atoms with Gasteiger partial charge in [-0.1, -0.05) is 17.7 Å². The summed E-state index contributed by atoms with van der Waals surface area (Å²) in [6.07, 6.45) is 4.86. The second-order valence-corrected chi connectivity index (χ2v) is 6.73. The average Bonchev–Trinajstić information content (AvgIpc) is 3.04. The summed E-state index contributed by atoms with van der Waals surface area (Å²) >= 11 is 6.15. The van der Waals surface area contributed by atoms with Gasteiger partial charge in [0, 0.05) is 29.7 Å². The number of benzene rings is 1. The normalized spacial score (nSPS) is 26.1. The molecule has 2 fully saturated rings. The van der Waals surface area contributed by atoms with Crippen molar-refractivity contribution in [2.75, 3.05) is 19.6 Å². The quantitative estimate of drug-likeness (QED) is 0.909. The summed E-state index contributed by atoms with van der Waals surface area (Å²) in [6.45, 7) is 4.83. The number of piperidine rings is 1. The fourth-order valence-corrected chi connectivity index (χ4v) is 3.73. The zero-order valence-corrected chi connectivity index (χ0v) is 13.3. The van der Waals surface area contributed by atoms with E-state index in [0.29, 0.717) is 22.5 Å². The van der Waals surface area contributed by atoms with Gasteiger partial charge in [-0.25, -0.2) is 0 Å². The van der Waals surface area contributed by atoms with Gasteiger partial charge in [0.2, 0.25) is 0 Å². The number of carbonyl (C=O) groups excluding carboxylic acids is 1. The summed E-state index contributed by atoms with van der Waals surface area (Å²) in [5.74, 6) is 0.728. The number of hydrogen-bond acceptors (Lipinski definition) is 2. The lowest BCUT2D eigenvalue weighted by atomic mass is 9.89. The van der Waals surface area contributed by atoms with Crippen LogP contribution in [0.4, 0.5) is 0 Å². The molecule has 1 aromatic carbocycles. The Bertz CT molecular complexity index is 526. The van der Waals surface area contributed by atoms with Crippen molar-refractivity contribution in [3.05, 3.63) is 34.3 Å². The van der Waals surface area contributed by atoms with E-state index in [1.165, 1.54) is 19.3 Å². The lowest BCUT2D eigenvalue weighted by Gasteiger charge is -2.36. The van der Waals surface area contributed by atoms with E-state index in [-0.39, 0.29) is 5.91 Å². The van der Waals surface area contributed by atoms with Crippen LogP contribution < -0.4 is 5.32 Å². The van der Waals surface area contributed by atoms with Crippen molar-refractivity contribution in [3.63, 3.8) is 0 Å². The molecule has 3 nitrogen and oxygen atoms in total. The van der Waals surface area contributed by atoms with Crippen LogP contribution in [0.2, 0.25) is 5.02 Å². The summed E-state index contributed by atoms with van der Waals surface area (Å²) in [5.41, 5.74) is 1.73. The number of carbonyl (C=O) groups is 1. The van der Waals surface area contributed by atoms with Crippen LogP contribution in [0.25, 0.3) is 0 Å². The van der Waals surface area contributed by atoms with Crippen molar-refractivity contribution in [1.29, 1.82) is 0 Å². The lowest BCUT2D eigenvalue weighted by Crippen LogP contribution is -2.45. The molecule has 2 aliphatic rings. The molecule has 1 N–H and O–H groups in total. The summed E-state index contributed by atoms with van der Waals surface area (Å²) in [5, 5.41) is 4.26. The summed E-state index contributed by atoms with van der Waals surface area (Å²) in [4.78, 5) is 14.7. The molecule has 0 aliphatic carbocycles. The van der Waals surface area contributed by atoms with Gasteiger partial charge in [0.15, 0.2) is 0 Å². The molecule has 2 heterocycles. The average molecular weight is 307 g/mol. The second kappa shape index (κ2) is 6.37. The van der Waals surface area contributed by atoms with Gasteiger partial charge in [-0.3, -0.25) is 4.79 Å². The molecule has 0 aromatic heterocycles. The number of rotatable bonds is 2. The van der Waals surface area contributed by atoms with Crippen molar-refractivity contribution < 1.29 is 4.79 Å². The summed E-state index contributed by atoms with van der Waals surface area (Å²) < 4.78 is 0. The highest BCUT2D eigenvalue weighted by Crippen LogP contribution is 2.26. The van der Waals surface area contributed by atoms with E-state index in [1.807, 2.05) is 24.0 Å². The fourth-order valence-electron chi connectivity index (χ4n) is 3.55. The highest BCUT2D eigenvalue weighted by Gasteiger charge is 2.31. The standard InChI is InChI=1S/C17H23ClN2O/c1-12-6-7-13(10-15(12)18)17(21)20-9-3-4-14(11-20)16-5-2-8-19-16/h6-7,10,14,16,19H,2-5,8-9,11H2,1H3. The maximum atomic E-state index is 12.7. The Morgan fingerprint density at radius 3 is 2.90 bits per heavy atom. The molecule has 4 heteroatoms. The Balaban J connectivity index is 1.70. The van der Waals surface area contributed by atoms with Crippen LogP contribution in [0.15, 0.2) is 18.2 Å². The third kappa shape index (κ3) is 3.24. The van der Waals surface area contributed by atoms with Crippen LogP contribution in [-0.2, 0) is 0 Å². The molecule has 114 valence electrons. The van der Waals surface area contributed by atoms with Crippen molar-refractivity contribution in [1.82, 2.24) is 10.2 Å². The van der Waals surface area contributed by atoms with Gasteiger partial charge in [-0.2, -0.15) is 0 Å². The molecule has 1 amide bonds. The van der Waals surface area contributed by atoms with Crippen LogP contribution in [0.3, 0.4) is 0 Å². The first kappa shape index (κ1) is 14.9. The van der Waals surface area contributed by atoms with E-state index < -0.39 is 0 Å². The van der Waals surface area contributed by atoms with Crippen molar-refractivity contribution in [2.45, 2.75) is 38.6 Å². The van der Waals surface area contributed by atoms with Gasteiger partial charge in [-0.05, 0) is 62.8 Å². The minimum Gasteiger partial charge on any atom is -0.338 e. The molecule has 2 aliphatic heterocycles. The Labute approximate surface area is 131 Å². The number of nitrogens with one attached hydrogen (secondary N) is 1. The number of nitrogens with zero attached hydrogens (tertiary/aromatic N) is 1. The smallest absolute Gasteiger partial charge is 0.253 e. The first-order chi connectivity index (χ1) is 10.1. The summed E-state index contributed by atoms with van der Waals surface area (Å²) in [6, 6.07) is 6.22. The molecule has 0 saturated carbocycles. The number of likely N-dealkylation sites (tertiary alicyclic amines) is 1. The maximum Gasteiger partial charge on any atom is 0.253 e. The van der Waals surface area contributed by atoms with Gasteiger partial charge < -0.3 is 10.2 Å². The molecule has 0 bridgehead atoms. The molecule has 1 aromatic rings. The van der Waals surface area contributed by atoms with Gasteiger partial charge >= 0.3 is 0 Å². The molecular weight excluding hydrogens is 284 g/mol. The SMILES string of the molecule is Cc1ccc(C(=O)N2CCCC(C3CCCN3)C2)cc1Cl. The molecule has 21 heavy (non-hydrogen) atoms. The van der Waals surface area contributed by atoms with Crippen LogP contribution in [0.5, 0.6) is 0 Å². The Hall–Kier alpha value is -1.06. The number of hydrogen-bond donors (Lipinski definition) is 1. The van der Waals surface area contributed by atoms with Crippen molar-refractivity contribution >= 4 is 17.5 Å². The predicted octanol–water partition coefficient (Wildman–Crippen LogP) is 3.25. The fraction of sp³-hybridized carbons (Fsp3) is 0.588. The Morgan fingerprint density at radius 2 is 2.19 bits per heavy atom. The lowest BCUT2D eigenvalue weighted by molar-refractivity contribution is 0.0651. The second-order valence-electron chi connectivity index (χ2n) is 6.32. The highest BCUT2D eigenvalue weighted by atomic mass is 35.5. The monoisotopic (exact) mass is 306 g/mol. The van der Waals surface area contributed by atoms with Gasteiger partial charge in [0.1, 0.15) is 0 Å². The molecular formula is C17H23ClN2O. The van der Waals surface area contributed by atoms with E-state index in [4.69, 9.17) is 11.6 Å². The third-order valence-electron chi connectivity index (χ3n) is 4.83. The van der Waals surface area contributed by atoms with Gasteiger partial charge in [-0.15, -0.1) is 0 Å². The van der Waals surface area contributed by atoms with E-state index in [1.54, 1.807) is 6.07 Å². The van der Waals surface area contributed by atoms with Crippen LogP contribution >= 0.6 is 11.6 Å². The molecule has 2 atom stereocenters. The number of aryl methyl sites for hydroxylation is 1. The zero-order valence-electron chi connectivity index (χ0n) is 12.6. The van der Waals surface area contributed by atoms with Crippen molar-refractivity contribution in [3.8, 4) is 0 Å². The predicted molar refractivity (Wildman–Crippen MR) is 85.8 cm³/mol. The molecule has 2 unspecified atom stereocenters. The highest BCUT2D eigenvalue weighted by molar-refractivity contribution is 6.31. The molecule has 2 saturated heterocycles. The van der Waals surface area contributed by atoms with E-state index in [9.17, 15) is 4.79 Å². The molecule has 0 spiro atoms. The first-order valence-electron chi connectivity index (χ1n) is 7.94. The zero-order chi connectivity index (χ0) is 14.8. The first-order valence-corrected chi connectivity index (χ1v) is 8.32. The van der Waals surface area contributed by atoms with Crippen molar-refractivity contribution in [2.24, 2.45) is 5.92 Å².